The van der Waals surface area contributed by atoms with E-state index in [2.05, 4.69) is 182 Å². The summed E-state index contributed by atoms with van der Waals surface area (Å²) in [6.45, 7) is 41.4. The highest BCUT2D eigenvalue weighted by Crippen LogP contribution is 2.42. The van der Waals surface area contributed by atoms with E-state index in [1.165, 1.54) is 10.4 Å². The molecule has 1 aliphatic rings. The van der Waals surface area contributed by atoms with Crippen molar-refractivity contribution in [2.24, 2.45) is 23.7 Å². The SMILES string of the molecule is CCOC(=O)[C@H](C)[C@@H](O[Si](C)(C)C(C)(C)C)[C@@H](C)[C@@H]1C[C@@H](/C=C\[C@H](C)[C@H](O[Si](C)(C)C(C)(C)C)[C@@H](C)CO[Si](c2ccccc2)(c2ccccc2)C(C)(C)C)OCO1. The van der Waals surface area contributed by atoms with Crippen LogP contribution < -0.4 is 10.4 Å². The number of hydrogen-bond donors (Lipinski definition) is 0. The van der Waals surface area contributed by atoms with Crippen molar-refractivity contribution in [2.75, 3.05) is 20.0 Å². The molecule has 1 aliphatic heterocycles. The molecule has 1 fully saturated rings. The molecule has 2 aromatic rings. The smallest absolute Gasteiger partial charge is 0.311 e. The third-order valence-corrected chi connectivity index (χ3v) is 27.4. The molecule has 58 heavy (non-hydrogen) atoms. The fraction of sp³-hybridized carbons (Fsp3) is 0.688. The molecule has 0 amide bonds. The van der Waals surface area contributed by atoms with Crippen molar-refractivity contribution in [2.45, 2.75) is 169 Å². The number of hydrogen-bond acceptors (Lipinski definition) is 7. The predicted molar refractivity (Wildman–Crippen MR) is 249 cm³/mol. The lowest BCUT2D eigenvalue weighted by molar-refractivity contribution is -0.188. The topological polar surface area (TPSA) is 72.5 Å². The molecule has 7 nitrogen and oxygen atoms in total. The monoisotopic (exact) mass is 855 g/mol. The van der Waals surface area contributed by atoms with E-state index in [1.807, 2.05) is 13.8 Å². The Morgan fingerprint density at radius 2 is 1.22 bits per heavy atom. The van der Waals surface area contributed by atoms with Crippen LogP contribution in [0.3, 0.4) is 0 Å². The highest BCUT2D eigenvalue weighted by Gasteiger charge is 2.51. The molecule has 3 rings (SSSR count). The average Bonchev–Trinajstić information content (AvgIpc) is 3.14. The Labute approximate surface area is 357 Å². The first kappa shape index (κ1) is 50.5. The molecule has 0 unspecified atom stereocenters. The van der Waals surface area contributed by atoms with Crippen molar-refractivity contribution in [3.8, 4) is 0 Å². The Morgan fingerprint density at radius 3 is 1.67 bits per heavy atom. The minimum Gasteiger partial charge on any atom is -0.466 e. The summed E-state index contributed by atoms with van der Waals surface area (Å²) in [7, 11) is -7.14. The van der Waals surface area contributed by atoms with Crippen molar-refractivity contribution < 1.29 is 32.3 Å². The van der Waals surface area contributed by atoms with Gasteiger partial charge < -0.3 is 27.5 Å². The molecule has 10 heteroatoms. The lowest BCUT2D eigenvalue weighted by atomic mass is 9.86. The van der Waals surface area contributed by atoms with Crippen LogP contribution in [0.5, 0.6) is 0 Å². The van der Waals surface area contributed by atoms with Gasteiger partial charge >= 0.3 is 5.97 Å². The molecule has 2 aromatic carbocycles. The van der Waals surface area contributed by atoms with Crippen LogP contribution in [-0.4, -0.2) is 75.3 Å². The third kappa shape index (κ3) is 12.4. The summed E-state index contributed by atoms with van der Waals surface area (Å²) in [6, 6.07) is 21.8. The Morgan fingerprint density at radius 1 is 0.741 bits per heavy atom. The molecule has 0 aliphatic carbocycles. The van der Waals surface area contributed by atoms with Crippen molar-refractivity contribution >= 4 is 41.3 Å². The van der Waals surface area contributed by atoms with E-state index in [1.54, 1.807) is 0 Å². The van der Waals surface area contributed by atoms with Crippen molar-refractivity contribution in [1.29, 1.82) is 0 Å². The summed E-state index contributed by atoms with van der Waals surface area (Å²) in [5, 5.41) is 2.48. The zero-order valence-corrected chi connectivity index (χ0v) is 42.7. The van der Waals surface area contributed by atoms with Crippen LogP contribution >= 0.6 is 0 Å². The normalized spacial score (nSPS) is 20.9. The largest absolute Gasteiger partial charge is 0.466 e. The summed E-state index contributed by atoms with van der Waals surface area (Å²) in [6.07, 6.45) is 4.46. The highest BCUT2D eigenvalue weighted by atomic mass is 28.4. The summed E-state index contributed by atoms with van der Waals surface area (Å²) in [5.41, 5.74) is 0. The first-order valence-corrected chi connectivity index (χ1v) is 29.6. The van der Waals surface area contributed by atoms with Crippen LogP contribution in [0.4, 0.5) is 0 Å². The van der Waals surface area contributed by atoms with E-state index in [9.17, 15) is 4.79 Å². The minimum absolute atomic E-state index is 0.0119. The standard InChI is InChI=1S/C48H82O7Si3/c1-19-50-45(49)38(5)44(55-57(17,18)47(9,10)11)37(4)42-32-39(51-34-52-42)31-30-35(2)43(54-56(15,16)46(6,7)8)36(3)33-53-58(48(12,13)14,40-26-22-20-23-27-40)41-28-24-21-25-29-41/h20-31,35-39,42-44H,19,32-34H2,1-18H3/b31-30-/t35-,36-,37-,38+,39+,42-,43-,44-/m0/s1. The molecule has 328 valence electrons. The van der Waals surface area contributed by atoms with Gasteiger partial charge in [0.15, 0.2) is 16.6 Å². The van der Waals surface area contributed by atoms with E-state index in [0.717, 1.165) is 0 Å². The lowest BCUT2D eigenvalue weighted by Crippen LogP contribution is -2.67. The third-order valence-electron chi connectivity index (χ3n) is 13.4. The van der Waals surface area contributed by atoms with E-state index in [-0.39, 0.29) is 70.0 Å². The van der Waals surface area contributed by atoms with E-state index in [0.29, 0.717) is 19.6 Å². The van der Waals surface area contributed by atoms with Gasteiger partial charge in [-0.15, -0.1) is 0 Å². The fourth-order valence-corrected chi connectivity index (χ4v) is 15.3. The number of esters is 1. The quantitative estimate of drug-likeness (QED) is 0.0840. The molecule has 8 atom stereocenters. The second-order valence-corrected chi connectivity index (χ2v) is 34.9. The van der Waals surface area contributed by atoms with E-state index < -0.39 is 30.9 Å². The molecule has 0 bridgehead atoms. The zero-order chi connectivity index (χ0) is 43.9. The van der Waals surface area contributed by atoms with Crippen LogP contribution in [-0.2, 0) is 32.3 Å². The van der Waals surface area contributed by atoms with Gasteiger partial charge in [0, 0.05) is 24.9 Å². The fourth-order valence-electron chi connectivity index (χ4n) is 7.66. The Kier molecular flexibility index (Phi) is 17.7. The zero-order valence-electron chi connectivity index (χ0n) is 39.7. The van der Waals surface area contributed by atoms with Crippen LogP contribution in [0.1, 0.15) is 103 Å². The Hall–Kier alpha value is -1.90. The molecule has 1 saturated heterocycles. The summed E-state index contributed by atoms with van der Waals surface area (Å²) in [5.74, 6) is -0.510. The molecule has 0 aromatic heterocycles. The Bertz CT molecular complexity index is 1540. The number of carbonyl (C=O) groups is 1. The van der Waals surface area contributed by atoms with Crippen LogP contribution in [0.25, 0.3) is 0 Å². The van der Waals surface area contributed by atoms with Crippen molar-refractivity contribution in [1.82, 2.24) is 0 Å². The summed E-state index contributed by atoms with van der Waals surface area (Å²) in [4.78, 5) is 13.1. The van der Waals surface area contributed by atoms with Crippen molar-refractivity contribution in [3.05, 3.63) is 72.8 Å². The van der Waals surface area contributed by atoms with E-state index >= 15 is 0 Å². The minimum atomic E-state index is -2.74. The maximum Gasteiger partial charge on any atom is 0.311 e. The van der Waals surface area contributed by atoms with Crippen molar-refractivity contribution in [3.63, 3.8) is 0 Å². The second kappa shape index (κ2) is 20.3. The number of ether oxygens (including phenoxy) is 3. The Balaban J connectivity index is 1.93. The van der Waals surface area contributed by atoms with Gasteiger partial charge in [-0.3, -0.25) is 4.79 Å². The summed E-state index contributed by atoms with van der Waals surface area (Å²) >= 11 is 0. The number of rotatable bonds is 18. The van der Waals surface area contributed by atoms with Gasteiger partial charge in [-0.05, 0) is 71.4 Å². The van der Waals surface area contributed by atoms with Gasteiger partial charge in [-0.2, -0.15) is 0 Å². The molecular weight excluding hydrogens is 773 g/mol. The predicted octanol–water partition coefficient (Wildman–Crippen LogP) is 11.1. The molecule has 0 saturated carbocycles. The molecule has 0 radical (unpaired) electrons. The highest BCUT2D eigenvalue weighted by molar-refractivity contribution is 6.99. The van der Waals surface area contributed by atoms with Gasteiger partial charge in [-0.1, -0.05) is 156 Å². The summed E-state index contributed by atoms with van der Waals surface area (Å²) < 4.78 is 39.9. The first-order chi connectivity index (χ1) is 26.7. The van der Waals surface area contributed by atoms with Crippen LogP contribution in [0.2, 0.25) is 41.3 Å². The number of benzene rings is 2. The average molecular weight is 855 g/mol. The molecule has 1 heterocycles. The van der Waals surface area contributed by atoms with Gasteiger partial charge in [0.2, 0.25) is 0 Å². The van der Waals surface area contributed by atoms with Gasteiger partial charge in [0.1, 0.15) is 6.79 Å². The van der Waals surface area contributed by atoms with E-state index in [4.69, 9.17) is 27.5 Å². The maximum atomic E-state index is 13.1. The lowest BCUT2D eigenvalue weighted by Gasteiger charge is -2.46. The molecule has 0 spiro atoms. The maximum absolute atomic E-state index is 13.1. The molecule has 0 N–H and O–H groups in total. The second-order valence-electron chi connectivity index (χ2n) is 21.0. The molecular formula is C48H82O7Si3. The number of carbonyl (C=O) groups excluding carboxylic acids is 1. The van der Waals surface area contributed by atoms with Gasteiger partial charge in [0.05, 0.1) is 36.9 Å². The van der Waals surface area contributed by atoms with Gasteiger partial charge in [-0.25, -0.2) is 0 Å². The van der Waals surface area contributed by atoms with Gasteiger partial charge in [0.25, 0.3) is 8.32 Å². The van der Waals surface area contributed by atoms with Crippen LogP contribution in [0.15, 0.2) is 72.8 Å². The first-order valence-electron chi connectivity index (χ1n) is 21.9. The van der Waals surface area contributed by atoms with Crippen LogP contribution in [0, 0.1) is 23.7 Å².